The summed E-state index contributed by atoms with van der Waals surface area (Å²) in [6.07, 6.45) is 2.94. The van der Waals surface area contributed by atoms with Gasteiger partial charge in [0, 0.05) is 13.1 Å². The van der Waals surface area contributed by atoms with Gasteiger partial charge in [-0.1, -0.05) is 36.2 Å². The Morgan fingerprint density at radius 1 is 1.04 bits per heavy atom. The number of rotatable bonds is 4. The zero-order valence-corrected chi connectivity index (χ0v) is 16.6. The molecule has 0 aromatic heterocycles. The van der Waals surface area contributed by atoms with Gasteiger partial charge >= 0.3 is 0 Å². The topological polar surface area (TPSA) is 46.6 Å². The summed E-state index contributed by atoms with van der Waals surface area (Å²) >= 11 is 0. The van der Waals surface area contributed by atoms with Crippen molar-refractivity contribution in [3.63, 3.8) is 0 Å². The number of benzene rings is 2. The normalized spacial score (nSPS) is 19.1. The smallest absolute Gasteiger partial charge is 0.243 e. The maximum atomic E-state index is 13.3. The van der Waals surface area contributed by atoms with Crippen molar-refractivity contribution in [2.24, 2.45) is 0 Å². The van der Waals surface area contributed by atoms with E-state index in [9.17, 15) is 8.42 Å². The van der Waals surface area contributed by atoms with Crippen molar-refractivity contribution in [1.29, 1.82) is 0 Å². The summed E-state index contributed by atoms with van der Waals surface area (Å²) in [4.78, 5) is 0.429. The first kappa shape index (κ1) is 18.9. The number of hydrogen-bond donors (Lipinski definition) is 0. The second-order valence-corrected chi connectivity index (χ2v) is 9.00. The molecule has 4 nitrogen and oxygen atoms in total. The minimum atomic E-state index is -3.48. The molecule has 1 atom stereocenters. The lowest BCUT2D eigenvalue weighted by Gasteiger charge is -2.25. The number of sulfonamides is 1. The zero-order chi connectivity index (χ0) is 18.7. The molecule has 0 spiro atoms. The lowest BCUT2D eigenvalue weighted by Crippen LogP contribution is -2.34. The fraction of sp³-hybridized carbons (Fsp3) is 0.429. The van der Waals surface area contributed by atoms with Crippen molar-refractivity contribution in [2.75, 3.05) is 20.2 Å². The molecule has 0 N–H and O–H groups in total. The van der Waals surface area contributed by atoms with E-state index >= 15 is 0 Å². The summed E-state index contributed by atoms with van der Waals surface area (Å²) in [5, 5.41) is 0. The Kier molecular flexibility index (Phi) is 5.68. The third kappa shape index (κ3) is 3.94. The Morgan fingerprint density at radius 2 is 1.77 bits per heavy atom. The highest BCUT2D eigenvalue weighted by atomic mass is 32.2. The predicted octanol–water partition coefficient (Wildman–Crippen LogP) is 4.27. The molecule has 0 radical (unpaired) electrons. The van der Waals surface area contributed by atoms with Crippen molar-refractivity contribution in [2.45, 2.75) is 43.9 Å². The van der Waals surface area contributed by atoms with Gasteiger partial charge in [-0.2, -0.15) is 4.31 Å². The van der Waals surface area contributed by atoms with E-state index in [2.05, 4.69) is 12.1 Å². The molecular formula is C21H27NO3S. The third-order valence-corrected chi connectivity index (χ3v) is 7.19. The van der Waals surface area contributed by atoms with Gasteiger partial charge in [0.05, 0.1) is 12.0 Å². The second kappa shape index (κ2) is 7.80. The lowest BCUT2D eigenvalue weighted by atomic mass is 9.94. The molecule has 0 saturated carbocycles. The van der Waals surface area contributed by atoms with Gasteiger partial charge in [-0.3, -0.25) is 0 Å². The summed E-state index contributed by atoms with van der Waals surface area (Å²) < 4.78 is 33.4. The van der Waals surface area contributed by atoms with Gasteiger partial charge in [0.2, 0.25) is 10.0 Å². The van der Waals surface area contributed by atoms with Crippen LogP contribution in [0.2, 0.25) is 0 Å². The average molecular weight is 374 g/mol. The van der Waals surface area contributed by atoms with E-state index in [1.807, 2.05) is 38.1 Å². The Morgan fingerprint density at radius 3 is 2.42 bits per heavy atom. The fourth-order valence-corrected chi connectivity index (χ4v) is 5.43. The van der Waals surface area contributed by atoms with Gasteiger partial charge < -0.3 is 4.74 Å². The standard InChI is InChI=1S/C21H27NO3S/c1-16-7-12-21(17(2)14-16)26(23,24)22-13-5-4-6-19(15-22)18-8-10-20(25-3)11-9-18/h7-12,14,19H,4-6,13,15H2,1-3H3. The quantitative estimate of drug-likeness (QED) is 0.804. The van der Waals surface area contributed by atoms with E-state index in [4.69, 9.17) is 4.74 Å². The first-order chi connectivity index (χ1) is 12.4. The Balaban J connectivity index is 1.88. The molecule has 5 heteroatoms. The SMILES string of the molecule is COc1ccc(C2CCCCN(S(=O)(=O)c3ccc(C)cc3C)C2)cc1. The number of ether oxygens (including phenoxy) is 1. The van der Waals surface area contributed by atoms with E-state index in [0.29, 0.717) is 18.0 Å². The second-order valence-electron chi connectivity index (χ2n) is 7.10. The van der Waals surface area contributed by atoms with E-state index in [1.54, 1.807) is 17.5 Å². The van der Waals surface area contributed by atoms with Crippen LogP contribution in [-0.2, 0) is 10.0 Å². The Labute approximate surface area is 156 Å². The largest absolute Gasteiger partial charge is 0.497 e. The molecule has 1 aliphatic rings. The van der Waals surface area contributed by atoms with Crippen molar-refractivity contribution in [1.82, 2.24) is 4.31 Å². The van der Waals surface area contributed by atoms with Gasteiger partial charge in [-0.25, -0.2) is 8.42 Å². The molecule has 2 aromatic rings. The van der Waals surface area contributed by atoms with Gasteiger partial charge in [0.15, 0.2) is 0 Å². The first-order valence-electron chi connectivity index (χ1n) is 9.13. The zero-order valence-electron chi connectivity index (χ0n) is 15.7. The first-order valence-corrected chi connectivity index (χ1v) is 10.6. The van der Waals surface area contributed by atoms with E-state index in [1.165, 1.54) is 5.56 Å². The number of aryl methyl sites for hydroxylation is 2. The van der Waals surface area contributed by atoms with Crippen LogP contribution < -0.4 is 4.74 Å². The molecule has 3 rings (SSSR count). The monoisotopic (exact) mass is 373 g/mol. The van der Waals surface area contributed by atoms with Crippen LogP contribution >= 0.6 is 0 Å². The van der Waals surface area contributed by atoms with Crippen molar-refractivity contribution >= 4 is 10.0 Å². The molecule has 1 fully saturated rings. The summed E-state index contributed by atoms with van der Waals surface area (Å²) in [5.74, 6) is 1.03. The van der Waals surface area contributed by atoms with Crippen LogP contribution in [0.25, 0.3) is 0 Å². The molecule has 140 valence electrons. The number of nitrogens with zero attached hydrogens (tertiary/aromatic N) is 1. The van der Waals surface area contributed by atoms with Crippen LogP contribution in [0.3, 0.4) is 0 Å². The Hall–Kier alpha value is -1.85. The third-order valence-electron chi connectivity index (χ3n) is 5.17. The Bertz CT molecular complexity index is 859. The maximum absolute atomic E-state index is 13.3. The fourth-order valence-electron chi connectivity index (χ4n) is 3.70. The van der Waals surface area contributed by atoms with E-state index in [-0.39, 0.29) is 5.92 Å². The highest BCUT2D eigenvalue weighted by Gasteiger charge is 2.30. The molecule has 2 aromatic carbocycles. The summed E-state index contributed by atoms with van der Waals surface area (Å²) in [6.45, 7) is 4.97. The van der Waals surface area contributed by atoms with Crippen molar-refractivity contribution in [3.05, 3.63) is 59.2 Å². The van der Waals surface area contributed by atoms with E-state index in [0.717, 1.165) is 36.1 Å². The van der Waals surface area contributed by atoms with E-state index < -0.39 is 10.0 Å². The molecule has 26 heavy (non-hydrogen) atoms. The molecule has 1 unspecified atom stereocenters. The van der Waals surface area contributed by atoms with Crippen molar-refractivity contribution < 1.29 is 13.2 Å². The molecule has 0 aliphatic carbocycles. The van der Waals surface area contributed by atoms with Gasteiger partial charge in [0.25, 0.3) is 0 Å². The van der Waals surface area contributed by atoms with Gasteiger partial charge in [-0.15, -0.1) is 0 Å². The van der Waals surface area contributed by atoms with Crippen LogP contribution in [0, 0.1) is 13.8 Å². The van der Waals surface area contributed by atoms with Crippen LogP contribution in [-0.4, -0.2) is 32.9 Å². The number of hydrogen-bond acceptors (Lipinski definition) is 3. The van der Waals surface area contributed by atoms with Gasteiger partial charge in [0.1, 0.15) is 5.75 Å². The maximum Gasteiger partial charge on any atom is 0.243 e. The van der Waals surface area contributed by atoms with Crippen LogP contribution in [0.5, 0.6) is 5.75 Å². The molecule has 1 saturated heterocycles. The highest BCUT2D eigenvalue weighted by Crippen LogP contribution is 2.31. The predicted molar refractivity (Wildman–Crippen MR) is 104 cm³/mol. The molecular weight excluding hydrogens is 346 g/mol. The lowest BCUT2D eigenvalue weighted by molar-refractivity contribution is 0.404. The molecule has 0 bridgehead atoms. The van der Waals surface area contributed by atoms with Crippen LogP contribution in [0.15, 0.2) is 47.4 Å². The average Bonchev–Trinajstić information content (AvgIpc) is 2.88. The highest BCUT2D eigenvalue weighted by molar-refractivity contribution is 7.89. The summed E-state index contributed by atoms with van der Waals surface area (Å²) in [7, 11) is -1.83. The van der Waals surface area contributed by atoms with Crippen LogP contribution in [0.4, 0.5) is 0 Å². The van der Waals surface area contributed by atoms with Crippen LogP contribution in [0.1, 0.15) is 41.9 Å². The van der Waals surface area contributed by atoms with Gasteiger partial charge in [-0.05, 0) is 61.9 Å². The molecule has 1 heterocycles. The minimum absolute atomic E-state index is 0.212. The van der Waals surface area contributed by atoms with Crippen molar-refractivity contribution in [3.8, 4) is 5.75 Å². The summed E-state index contributed by atoms with van der Waals surface area (Å²) in [6, 6.07) is 13.6. The molecule has 0 amide bonds. The minimum Gasteiger partial charge on any atom is -0.497 e. The molecule has 1 aliphatic heterocycles. The number of methoxy groups -OCH3 is 1. The summed E-state index contributed by atoms with van der Waals surface area (Å²) in [5.41, 5.74) is 3.07.